The Kier molecular flexibility index (Phi) is 4.38. The number of rotatable bonds is 5. The lowest BCUT2D eigenvalue weighted by atomic mass is 10.0. The van der Waals surface area contributed by atoms with Crippen LogP contribution in [0.2, 0.25) is 0 Å². The zero-order valence-electron chi connectivity index (χ0n) is 16.4. The zero-order chi connectivity index (χ0) is 21.0. The molecule has 0 radical (unpaired) electrons. The van der Waals surface area contributed by atoms with Crippen LogP contribution in [0.4, 0.5) is 14.6 Å². The van der Waals surface area contributed by atoms with E-state index < -0.39 is 23.8 Å². The van der Waals surface area contributed by atoms with E-state index in [1.165, 1.54) is 6.20 Å². The number of pyridine rings is 3. The lowest BCUT2D eigenvalue weighted by Crippen LogP contribution is -2.24. The molecule has 0 spiro atoms. The molecule has 2 aliphatic carbocycles. The largest absolute Gasteiger partial charge is 0.310 e. The fourth-order valence-electron chi connectivity index (χ4n) is 3.70. The van der Waals surface area contributed by atoms with E-state index in [-0.39, 0.29) is 17.8 Å². The van der Waals surface area contributed by atoms with E-state index in [0.29, 0.717) is 40.1 Å². The van der Waals surface area contributed by atoms with E-state index in [1.54, 1.807) is 29.8 Å². The molecule has 3 heterocycles. The Hall–Kier alpha value is -3.16. The first kappa shape index (κ1) is 18.8. The smallest absolute Gasteiger partial charge is 0.259 e. The van der Waals surface area contributed by atoms with Gasteiger partial charge in [0, 0.05) is 41.5 Å². The molecule has 1 amide bonds. The Morgan fingerprint density at radius 1 is 1.23 bits per heavy atom. The topological polar surface area (TPSA) is 76.9 Å². The molecule has 2 fully saturated rings. The molecule has 30 heavy (non-hydrogen) atoms. The number of hydrogen-bond acceptors (Lipinski definition) is 4. The van der Waals surface area contributed by atoms with Gasteiger partial charge in [0.15, 0.2) is 0 Å². The highest BCUT2D eigenvalue weighted by atomic mass is 19.1. The molecule has 3 aromatic heterocycles. The van der Waals surface area contributed by atoms with Crippen LogP contribution in [0, 0.1) is 24.6 Å². The van der Waals surface area contributed by atoms with E-state index in [9.17, 15) is 18.4 Å². The summed E-state index contributed by atoms with van der Waals surface area (Å²) in [5, 5.41) is 3.34. The highest BCUT2D eigenvalue weighted by Gasteiger charge is 2.43. The second-order valence-electron chi connectivity index (χ2n) is 8.19. The van der Waals surface area contributed by atoms with Gasteiger partial charge >= 0.3 is 0 Å². The van der Waals surface area contributed by atoms with Crippen LogP contribution in [0.15, 0.2) is 35.5 Å². The van der Waals surface area contributed by atoms with Crippen molar-refractivity contribution in [2.45, 2.75) is 38.9 Å². The Balaban J connectivity index is 1.62. The van der Waals surface area contributed by atoms with Crippen LogP contribution >= 0.6 is 0 Å². The Bertz CT molecular complexity index is 1240. The van der Waals surface area contributed by atoms with Crippen molar-refractivity contribution in [1.82, 2.24) is 14.5 Å². The molecule has 0 aromatic carbocycles. The van der Waals surface area contributed by atoms with Gasteiger partial charge in [-0.05, 0) is 43.7 Å². The third-order valence-corrected chi connectivity index (χ3v) is 5.86. The molecule has 6 nitrogen and oxygen atoms in total. The van der Waals surface area contributed by atoms with Gasteiger partial charge in [-0.25, -0.2) is 13.8 Å². The van der Waals surface area contributed by atoms with Crippen LogP contribution in [0.25, 0.3) is 22.0 Å². The van der Waals surface area contributed by atoms with E-state index >= 15 is 0 Å². The number of aromatic nitrogens is 3. The Labute approximate surface area is 171 Å². The minimum atomic E-state index is -1.09. The molecule has 0 aliphatic heterocycles. The van der Waals surface area contributed by atoms with Crippen LogP contribution < -0.4 is 10.9 Å². The second kappa shape index (κ2) is 6.97. The number of hydrogen-bond donors (Lipinski definition) is 1. The standard InChI is InChI=1S/C22H20F2N4O2/c1-11-16(8-25-9-18(11)24)14-4-13-7-26-20(27-21(29)15-5-17(15)23)6-19(13)28(22(14)30)10-12-2-3-12/h4,6-9,12,15,17H,2-3,5,10H2,1H3,(H,26,27,29)/t15-,17-/m1/s1. The van der Waals surface area contributed by atoms with Crippen molar-refractivity contribution in [3.63, 3.8) is 0 Å². The summed E-state index contributed by atoms with van der Waals surface area (Å²) in [5.74, 6) is -0.793. The van der Waals surface area contributed by atoms with Gasteiger partial charge in [0.1, 0.15) is 17.8 Å². The van der Waals surface area contributed by atoms with Gasteiger partial charge in [-0.15, -0.1) is 0 Å². The maximum absolute atomic E-state index is 14.1. The predicted octanol–water partition coefficient (Wildman–Crippen LogP) is 3.61. The van der Waals surface area contributed by atoms with Crippen molar-refractivity contribution in [3.05, 3.63) is 52.5 Å². The molecule has 0 unspecified atom stereocenters. The average Bonchev–Trinajstić information content (AvgIpc) is 3.64. The lowest BCUT2D eigenvalue weighted by Gasteiger charge is -2.15. The van der Waals surface area contributed by atoms with Crippen molar-refractivity contribution in [2.75, 3.05) is 5.32 Å². The van der Waals surface area contributed by atoms with Gasteiger partial charge in [0.05, 0.1) is 17.6 Å². The zero-order valence-corrected chi connectivity index (χ0v) is 16.4. The first-order valence-electron chi connectivity index (χ1n) is 10.0. The Morgan fingerprint density at radius 2 is 2.00 bits per heavy atom. The van der Waals surface area contributed by atoms with Crippen molar-refractivity contribution >= 4 is 22.6 Å². The summed E-state index contributed by atoms with van der Waals surface area (Å²) >= 11 is 0. The summed E-state index contributed by atoms with van der Waals surface area (Å²) in [6.45, 7) is 2.16. The van der Waals surface area contributed by atoms with E-state index in [4.69, 9.17) is 0 Å². The maximum atomic E-state index is 14.1. The van der Waals surface area contributed by atoms with Crippen molar-refractivity contribution in [2.24, 2.45) is 11.8 Å². The summed E-state index contributed by atoms with van der Waals surface area (Å²) in [4.78, 5) is 33.6. The third-order valence-electron chi connectivity index (χ3n) is 5.86. The number of alkyl halides is 1. The molecule has 0 bridgehead atoms. The van der Waals surface area contributed by atoms with Gasteiger partial charge in [-0.2, -0.15) is 0 Å². The predicted molar refractivity (Wildman–Crippen MR) is 108 cm³/mol. The van der Waals surface area contributed by atoms with E-state index in [0.717, 1.165) is 19.0 Å². The maximum Gasteiger partial charge on any atom is 0.259 e. The molecular formula is C22H20F2N4O2. The monoisotopic (exact) mass is 410 g/mol. The molecule has 2 atom stereocenters. The van der Waals surface area contributed by atoms with Gasteiger partial charge in [0.25, 0.3) is 5.56 Å². The summed E-state index contributed by atoms with van der Waals surface area (Å²) in [6, 6.07) is 3.33. The van der Waals surface area contributed by atoms with Gasteiger partial charge in [-0.3, -0.25) is 14.6 Å². The molecule has 5 rings (SSSR count). The number of halogens is 2. The van der Waals surface area contributed by atoms with Crippen LogP contribution in [-0.2, 0) is 11.3 Å². The number of anilines is 1. The van der Waals surface area contributed by atoms with Gasteiger partial charge in [0.2, 0.25) is 5.91 Å². The SMILES string of the molecule is Cc1c(F)cncc1-c1cc2cnc(NC(=O)[C@@H]3C[C@H]3F)cc2n(CC2CC2)c1=O. The summed E-state index contributed by atoms with van der Waals surface area (Å²) in [7, 11) is 0. The number of nitrogens with one attached hydrogen (secondary N) is 1. The number of amides is 1. The summed E-state index contributed by atoms with van der Waals surface area (Å²) in [6.07, 6.45) is 5.42. The minimum absolute atomic E-state index is 0.232. The number of nitrogens with zero attached hydrogens (tertiary/aromatic N) is 3. The molecule has 3 aromatic rings. The molecule has 2 saturated carbocycles. The van der Waals surface area contributed by atoms with Crippen LogP contribution in [-0.4, -0.2) is 26.6 Å². The first-order chi connectivity index (χ1) is 14.4. The van der Waals surface area contributed by atoms with E-state index in [2.05, 4.69) is 15.3 Å². The van der Waals surface area contributed by atoms with Crippen LogP contribution in [0.3, 0.4) is 0 Å². The van der Waals surface area contributed by atoms with E-state index in [1.807, 2.05) is 0 Å². The molecular weight excluding hydrogens is 390 g/mol. The lowest BCUT2D eigenvalue weighted by molar-refractivity contribution is -0.117. The molecule has 1 N–H and O–H groups in total. The molecule has 8 heteroatoms. The van der Waals surface area contributed by atoms with Crippen molar-refractivity contribution in [3.8, 4) is 11.1 Å². The Morgan fingerprint density at radius 3 is 2.70 bits per heavy atom. The first-order valence-corrected chi connectivity index (χ1v) is 10.0. The molecule has 2 aliphatic rings. The number of fused-ring (bicyclic) bond motifs is 1. The second-order valence-corrected chi connectivity index (χ2v) is 8.19. The minimum Gasteiger partial charge on any atom is -0.310 e. The van der Waals surface area contributed by atoms with Crippen molar-refractivity contribution in [1.29, 1.82) is 0 Å². The number of carbonyl (C=O) groups excluding carboxylic acids is 1. The molecule has 0 saturated heterocycles. The quantitative estimate of drug-likeness (QED) is 0.697. The fourth-order valence-corrected chi connectivity index (χ4v) is 3.70. The van der Waals surface area contributed by atoms with Crippen molar-refractivity contribution < 1.29 is 13.6 Å². The van der Waals surface area contributed by atoms with Crippen LogP contribution in [0.5, 0.6) is 0 Å². The number of carbonyl (C=O) groups is 1. The van der Waals surface area contributed by atoms with Gasteiger partial charge < -0.3 is 9.88 Å². The summed E-state index contributed by atoms with van der Waals surface area (Å²) < 4.78 is 28.9. The fraction of sp³-hybridized carbons (Fsp3) is 0.364. The normalized spacial score (nSPS) is 20.4. The van der Waals surface area contributed by atoms with Crippen LogP contribution in [0.1, 0.15) is 24.8 Å². The molecule has 154 valence electrons. The van der Waals surface area contributed by atoms with Gasteiger partial charge in [-0.1, -0.05) is 0 Å². The summed E-state index contributed by atoms with van der Waals surface area (Å²) in [5.41, 5.74) is 1.58. The highest BCUT2D eigenvalue weighted by molar-refractivity contribution is 5.95. The average molecular weight is 410 g/mol. The highest BCUT2D eigenvalue weighted by Crippen LogP contribution is 2.35. The third kappa shape index (κ3) is 3.36.